The Labute approximate surface area is 149 Å². The van der Waals surface area contributed by atoms with Crippen LogP contribution in [0.5, 0.6) is 0 Å². The lowest BCUT2D eigenvalue weighted by atomic mass is 10.1. The highest BCUT2D eigenvalue weighted by atomic mass is 79.9. The van der Waals surface area contributed by atoms with Crippen molar-refractivity contribution in [3.05, 3.63) is 57.4 Å². The summed E-state index contributed by atoms with van der Waals surface area (Å²) in [4.78, 5) is 12.2. The molecule has 1 aromatic carbocycles. The summed E-state index contributed by atoms with van der Waals surface area (Å²) >= 11 is 9.93. The molecule has 5 heteroatoms. The Morgan fingerprint density at radius 3 is 2.83 bits per heavy atom. The summed E-state index contributed by atoms with van der Waals surface area (Å²) in [7, 11) is 0. The van der Waals surface area contributed by atoms with Crippen LogP contribution in [0.4, 0.5) is 0 Å². The van der Waals surface area contributed by atoms with Gasteiger partial charge >= 0.3 is 0 Å². The van der Waals surface area contributed by atoms with Gasteiger partial charge in [-0.2, -0.15) is 0 Å². The van der Waals surface area contributed by atoms with E-state index >= 15 is 0 Å². The van der Waals surface area contributed by atoms with Gasteiger partial charge in [0, 0.05) is 27.5 Å². The Morgan fingerprint density at radius 1 is 1.22 bits per heavy atom. The second-order valence-electron chi connectivity index (χ2n) is 5.51. The standard InChI is InChI=1S/C18H17BrClN3/c1-3-4-13-8-12(5-6-21-13)18-22-10-17(23-18)14-9-15(19)11(2)7-16(14)20/h5-10H,3-4H2,1-2H3,(H,22,23). The van der Waals surface area contributed by atoms with Gasteiger partial charge in [-0.15, -0.1) is 0 Å². The zero-order valence-corrected chi connectivity index (χ0v) is 15.4. The topological polar surface area (TPSA) is 41.6 Å². The van der Waals surface area contributed by atoms with Gasteiger partial charge in [0.2, 0.25) is 0 Å². The van der Waals surface area contributed by atoms with E-state index in [0.29, 0.717) is 5.02 Å². The van der Waals surface area contributed by atoms with Gasteiger partial charge in [-0.25, -0.2) is 4.98 Å². The number of imidazole rings is 1. The number of hydrogen-bond donors (Lipinski definition) is 1. The highest BCUT2D eigenvalue weighted by Gasteiger charge is 2.11. The number of aromatic amines is 1. The first kappa shape index (κ1) is 16.2. The van der Waals surface area contributed by atoms with Gasteiger partial charge in [0.15, 0.2) is 0 Å². The van der Waals surface area contributed by atoms with Gasteiger partial charge in [0.05, 0.1) is 16.9 Å². The molecule has 3 rings (SSSR count). The number of nitrogens with one attached hydrogen (secondary N) is 1. The molecule has 0 atom stereocenters. The number of aryl methyl sites for hydroxylation is 2. The summed E-state index contributed by atoms with van der Waals surface area (Å²) < 4.78 is 1.03. The highest BCUT2D eigenvalue weighted by molar-refractivity contribution is 9.10. The molecule has 0 bridgehead atoms. The van der Waals surface area contributed by atoms with E-state index < -0.39 is 0 Å². The van der Waals surface area contributed by atoms with Crippen LogP contribution in [0.15, 0.2) is 41.1 Å². The maximum Gasteiger partial charge on any atom is 0.137 e. The Bertz CT molecular complexity index is 842. The molecule has 0 saturated heterocycles. The summed E-state index contributed by atoms with van der Waals surface area (Å²) in [6, 6.07) is 8.02. The number of hydrogen-bond acceptors (Lipinski definition) is 2. The van der Waals surface area contributed by atoms with Crippen LogP contribution in [0.25, 0.3) is 22.6 Å². The molecule has 3 aromatic rings. The molecule has 3 nitrogen and oxygen atoms in total. The largest absolute Gasteiger partial charge is 0.338 e. The third-order valence-corrected chi connectivity index (χ3v) is 4.88. The van der Waals surface area contributed by atoms with Gasteiger partial charge in [-0.05, 0) is 43.2 Å². The average molecular weight is 391 g/mol. The van der Waals surface area contributed by atoms with E-state index in [2.05, 4.69) is 43.9 Å². The number of halogens is 2. The smallest absolute Gasteiger partial charge is 0.137 e. The van der Waals surface area contributed by atoms with Crippen molar-refractivity contribution >= 4 is 27.5 Å². The number of H-pyrrole nitrogens is 1. The lowest BCUT2D eigenvalue weighted by Crippen LogP contribution is -1.90. The molecule has 0 amide bonds. The molecule has 0 fully saturated rings. The Morgan fingerprint density at radius 2 is 2.04 bits per heavy atom. The first-order valence-corrected chi connectivity index (χ1v) is 8.72. The normalized spacial score (nSPS) is 11.0. The molecule has 118 valence electrons. The van der Waals surface area contributed by atoms with Crippen molar-refractivity contribution in [2.45, 2.75) is 26.7 Å². The molecule has 0 radical (unpaired) electrons. The quantitative estimate of drug-likeness (QED) is 0.610. The SMILES string of the molecule is CCCc1cc(-c2ncc(-c3cc(Br)c(C)cc3Cl)[nH]2)ccn1. The number of rotatable bonds is 4. The fourth-order valence-corrected chi connectivity index (χ4v) is 3.14. The zero-order valence-electron chi connectivity index (χ0n) is 13.0. The molecular formula is C18H17BrClN3. The second-order valence-corrected chi connectivity index (χ2v) is 6.77. The molecule has 0 aliphatic rings. The second kappa shape index (κ2) is 6.85. The van der Waals surface area contributed by atoms with E-state index in [9.17, 15) is 0 Å². The lowest BCUT2D eigenvalue weighted by Gasteiger charge is -2.05. The van der Waals surface area contributed by atoms with Gasteiger partial charge < -0.3 is 4.98 Å². The maximum atomic E-state index is 6.38. The monoisotopic (exact) mass is 389 g/mol. The number of aromatic nitrogens is 3. The fraction of sp³-hybridized carbons (Fsp3) is 0.222. The molecule has 0 saturated carbocycles. The fourth-order valence-electron chi connectivity index (χ4n) is 2.48. The molecule has 2 aromatic heterocycles. The van der Waals surface area contributed by atoms with Crippen molar-refractivity contribution in [2.24, 2.45) is 0 Å². The van der Waals surface area contributed by atoms with Crippen molar-refractivity contribution in [2.75, 3.05) is 0 Å². The van der Waals surface area contributed by atoms with Crippen LogP contribution in [-0.2, 0) is 6.42 Å². The van der Waals surface area contributed by atoms with Gasteiger partial charge in [-0.1, -0.05) is 40.9 Å². The zero-order chi connectivity index (χ0) is 16.4. The maximum absolute atomic E-state index is 6.38. The predicted molar refractivity (Wildman–Crippen MR) is 98.7 cm³/mol. The number of pyridine rings is 1. The Kier molecular flexibility index (Phi) is 4.83. The molecule has 0 aliphatic heterocycles. The van der Waals surface area contributed by atoms with Gasteiger partial charge in [-0.3, -0.25) is 4.98 Å². The van der Waals surface area contributed by atoms with Crippen molar-refractivity contribution in [3.63, 3.8) is 0 Å². The summed E-state index contributed by atoms with van der Waals surface area (Å²) in [5, 5.41) is 0.710. The summed E-state index contributed by atoms with van der Waals surface area (Å²) in [6.45, 7) is 4.17. The van der Waals surface area contributed by atoms with Crippen LogP contribution >= 0.6 is 27.5 Å². The first-order valence-electron chi connectivity index (χ1n) is 7.54. The predicted octanol–water partition coefficient (Wildman–Crippen LogP) is 5.82. The lowest BCUT2D eigenvalue weighted by molar-refractivity contribution is 0.883. The van der Waals surface area contributed by atoms with Crippen LogP contribution in [0.3, 0.4) is 0 Å². The van der Waals surface area contributed by atoms with Crippen LogP contribution in [0, 0.1) is 6.92 Å². The van der Waals surface area contributed by atoms with Crippen LogP contribution in [0.1, 0.15) is 24.6 Å². The van der Waals surface area contributed by atoms with E-state index in [1.165, 1.54) is 0 Å². The van der Waals surface area contributed by atoms with Crippen molar-refractivity contribution in [3.8, 4) is 22.6 Å². The molecule has 23 heavy (non-hydrogen) atoms. The van der Waals surface area contributed by atoms with Gasteiger partial charge in [0.1, 0.15) is 5.82 Å². The minimum Gasteiger partial charge on any atom is -0.338 e. The number of benzene rings is 1. The van der Waals surface area contributed by atoms with E-state index in [-0.39, 0.29) is 0 Å². The van der Waals surface area contributed by atoms with E-state index in [1.54, 1.807) is 0 Å². The van der Waals surface area contributed by atoms with Crippen LogP contribution < -0.4 is 0 Å². The molecular weight excluding hydrogens is 374 g/mol. The molecule has 0 spiro atoms. The molecule has 0 unspecified atom stereocenters. The Balaban J connectivity index is 1.98. The third kappa shape index (κ3) is 3.48. The van der Waals surface area contributed by atoms with Crippen molar-refractivity contribution in [1.29, 1.82) is 0 Å². The molecule has 0 aliphatic carbocycles. The van der Waals surface area contributed by atoms with Gasteiger partial charge in [0.25, 0.3) is 0 Å². The van der Waals surface area contributed by atoms with Crippen molar-refractivity contribution < 1.29 is 0 Å². The molecule has 2 heterocycles. The summed E-state index contributed by atoms with van der Waals surface area (Å²) in [6.07, 6.45) is 5.70. The minimum absolute atomic E-state index is 0.710. The number of nitrogens with zero attached hydrogens (tertiary/aromatic N) is 2. The average Bonchev–Trinajstić information content (AvgIpc) is 3.01. The summed E-state index contributed by atoms with van der Waals surface area (Å²) in [5.41, 5.74) is 5.07. The third-order valence-electron chi connectivity index (χ3n) is 3.71. The van der Waals surface area contributed by atoms with Crippen LogP contribution in [-0.4, -0.2) is 15.0 Å². The molecule has 1 N–H and O–H groups in total. The van der Waals surface area contributed by atoms with E-state index in [1.807, 2.05) is 37.5 Å². The minimum atomic E-state index is 0.710. The summed E-state index contributed by atoms with van der Waals surface area (Å²) in [5.74, 6) is 0.826. The highest BCUT2D eigenvalue weighted by Crippen LogP contribution is 2.33. The van der Waals surface area contributed by atoms with Crippen molar-refractivity contribution in [1.82, 2.24) is 15.0 Å². The van der Waals surface area contributed by atoms with Crippen LogP contribution in [0.2, 0.25) is 5.02 Å². The van der Waals surface area contributed by atoms with E-state index in [4.69, 9.17) is 11.6 Å². The van der Waals surface area contributed by atoms with E-state index in [0.717, 1.165) is 51.2 Å². The first-order chi connectivity index (χ1) is 11.1. The Hall–Kier alpha value is -1.65.